The zero-order valence-corrected chi connectivity index (χ0v) is 10.5. The molecule has 0 aromatic carbocycles. The summed E-state index contributed by atoms with van der Waals surface area (Å²) in [6, 6.07) is 2.00. The van der Waals surface area contributed by atoms with Gasteiger partial charge in [0, 0.05) is 13.1 Å². The number of aromatic nitrogens is 1. The van der Waals surface area contributed by atoms with Gasteiger partial charge >= 0.3 is 0 Å². The van der Waals surface area contributed by atoms with Gasteiger partial charge in [0.15, 0.2) is 0 Å². The van der Waals surface area contributed by atoms with Crippen molar-refractivity contribution in [3.8, 4) is 0 Å². The fourth-order valence-corrected chi connectivity index (χ4v) is 2.24. The highest BCUT2D eigenvalue weighted by molar-refractivity contribution is 5.52. The Kier molecular flexibility index (Phi) is 2.78. The molecule has 3 nitrogen and oxygen atoms in total. The van der Waals surface area contributed by atoms with E-state index in [9.17, 15) is 0 Å². The van der Waals surface area contributed by atoms with Crippen molar-refractivity contribution in [1.29, 1.82) is 0 Å². The summed E-state index contributed by atoms with van der Waals surface area (Å²) < 4.78 is 0. The molecule has 1 aliphatic rings. The minimum atomic E-state index is 0.484. The molecule has 0 atom stereocenters. The maximum absolute atomic E-state index is 5.72. The molecule has 1 aromatic heterocycles. The molecular weight excluding hydrogens is 198 g/mol. The lowest BCUT2D eigenvalue weighted by Crippen LogP contribution is -2.38. The van der Waals surface area contributed by atoms with Crippen molar-refractivity contribution in [3.05, 3.63) is 17.8 Å². The molecule has 0 aliphatic carbocycles. The van der Waals surface area contributed by atoms with Gasteiger partial charge in [-0.1, -0.05) is 13.8 Å². The van der Waals surface area contributed by atoms with Crippen LogP contribution in [0.5, 0.6) is 0 Å². The normalized spacial score (nSPS) is 19.8. The van der Waals surface area contributed by atoms with Crippen LogP contribution in [0.1, 0.15) is 32.3 Å². The second kappa shape index (κ2) is 3.96. The van der Waals surface area contributed by atoms with Crippen LogP contribution in [0.25, 0.3) is 0 Å². The monoisotopic (exact) mass is 219 g/mol. The highest BCUT2D eigenvalue weighted by atomic mass is 15.2. The standard InChI is InChI=1S/C13H21N3/c1-10-8-11(14)9-15-12(10)16-6-4-13(2,3)5-7-16/h8-9H,4-7,14H2,1-3H3. The number of nitrogen functional groups attached to an aromatic ring is 1. The Morgan fingerprint density at radius 3 is 2.50 bits per heavy atom. The van der Waals surface area contributed by atoms with Gasteiger partial charge in [0.05, 0.1) is 11.9 Å². The van der Waals surface area contributed by atoms with Crippen molar-refractivity contribution in [2.75, 3.05) is 23.7 Å². The Morgan fingerprint density at radius 2 is 1.94 bits per heavy atom. The van der Waals surface area contributed by atoms with E-state index in [4.69, 9.17) is 5.73 Å². The van der Waals surface area contributed by atoms with E-state index >= 15 is 0 Å². The average molecular weight is 219 g/mol. The molecule has 0 radical (unpaired) electrons. The van der Waals surface area contributed by atoms with Crippen LogP contribution >= 0.6 is 0 Å². The van der Waals surface area contributed by atoms with Crippen molar-refractivity contribution in [2.24, 2.45) is 5.41 Å². The molecule has 16 heavy (non-hydrogen) atoms. The first-order chi connectivity index (χ1) is 7.48. The SMILES string of the molecule is Cc1cc(N)cnc1N1CCC(C)(C)CC1. The van der Waals surface area contributed by atoms with Gasteiger partial charge in [-0.05, 0) is 36.8 Å². The Balaban J connectivity index is 2.14. The number of pyridine rings is 1. The third-order valence-electron chi connectivity index (χ3n) is 3.49. The number of nitrogens with two attached hydrogens (primary N) is 1. The Morgan fingerprint density at radius 1 is 1.31 bits per heavy atom. The van der Waals surface area contributed by atoms with Gasteiger partial charge < -0.3 is 10.6 Å². The lowest BCUT2D eigenvalue weighted by Gasteiger charge is -2.38. The van der Waals surface area contributed by atoms with Crippen molar-refractivity contribution in [2.45, 2.75) is 33.6 Å². The summed E-state index contributed by atoms with van der Waals surface area (Å²) in [6.07, 6.45) is 4.22. The maximum Gasteiger partial charge on any atom is 0.131 e. The number of piperidine rings is 1. The van der Waals surface area contributed by atoms with E-state index in [1.54, 1.807) is 6.20 Å². The molecule has 1 aliphatic heterocycles. The van der Waals surface area contributed by atoms with Crippen LogP contribution < -0.4 is 10.6 Å². The van der Waals surface area contributed by atoms with Crippen molar-refractivity contribution in [3.63, 3.8) is 0 Å². The lowest BCUT2D eigenvalue weighted by atomic mass is 9.82. The van der Waals surface area contributed by atoms with E-state index in [2.05, 4.69) is 30.7 Å². The molecule has 2 heterocycles. The quantitative estimate of drug-likeness (QED) is 0.789. The molecule has 1 aromatic rings. The first-order valence-electron chi connectivity index (χ1n) is 5.95. The van der Waals surface area contributed by atoms with E-state index < -0.39 is 0 Å². The van der Waals surface area contributed by atoms with Crippen LogP contribution in [0.15, 0.2) is 12.3 Å². The molecule has 0 amide bonds. The summed E-state index contributed by atoms with van der Waals surface area (Å²) in [5.74, 6) is 1.10. The maximum atomic E-state index is 5.72. The number of hydrogen-bond acceptors (Lipinski definition) is 3. The number of hydrogen-bond donors (Lipinski definition) is 1. The highest BCUT2D eigenvalue weighted by Gasteiger charge is 2.26. The van der Waals surface area contributed by atoms with Crippen LogP contribution in [0.2, 0.25) is 0 Å². The second-order valence-corrected chi connectivity index (χ2v) is 5.56. The zero-order valence-electron chi connectivity index (χ0n) is 10.5. The first kappa shape index (κ1) is 11.2. The molecule has 1 fully saturated rings. The lowest BCUT2D eigenvalue weighted by molar-refractivity contribution is 0.279. The minimum Gasteiger partial charge on any atom is -0.397 e. The summed E-state index contributed by atoms with van der Waals surface area (Å²) >= 11 is 0. The number of aryl methyl sites for hydroxylation is 1. The van der Waals surface area contributed by atoms with Crippen molar-refractivity contribution in [1.82, 2.24) is 4.98 Å². The fraction of sp³-hybridized carbons (Fsp3) is 0.615. The van der Waals surface area contributed by atoms with E-state index in [1.807, 2.05) is 6.07 Å². The van der Waals surface area contributed by atoms with Gasteiger partial charge in [0.25, 0.3) is 0 Å². The van der Waals surface area contributed by atoms with Gasteiger partial charge in [0.2, 0.25) is 0 Å². The van der Waals surface area contributed by atoms with Gasteiger partial charge in [-0.25, -0.2) is 4.98 Å². The number of rotatable bonds is 1. The molecule has 0 spiro atoms. The van der Waals surface area contributed by atoms with Gasteiger partial charge in [-0.15, -0.1) is 0 Å². The van der Waals surface area contributed by atoms with Crippen LogP contribution in [0.4, 0.5) is 11.5 Å². The average Bonchev–Trinajstić information content (AvgIpc) is 2.19. The van der Waals surface area contributed by atoms with E-state index in [0.29, 0.717) is 5.41 Å². The topological polar surface area (TPSA) is 42.1 Å². The van der Waals surface area contributed by atoms with Crippen LogP contribution in [-0.4, -0.2) is 18.1 Å². The Bertz CT molecular complexity index is 375. The van der Waals surface area contributed by atoms with Crippen molar-refractivity contribution < 1.29 is 0 Å². The second-order valence-electron chi connectivity index (χ2n) is 5.56. The number of anilines is 2. The Hall–Kier alpha value is -1.25. The summed E-state index contributed by atoms with van der Waals surface area (Å²) in [5, 5.41) is 0. The predicted molar refractivity (Wildman–Crippen MR) is 68.6 cm³/mol. The van der Waals surface area contributed by atoms with Crippen LogP contribution in [0, 0.1) is 12.3 Å². The van der Waals surface area contributed by atoms with Gasteiger partial charge in [0.1, 0.15) is 5.82 Å². The third kappa shape index (κ3) is 2.29. The predicted octanol–water partition coefficient (Wildman–Crippen LogP) is 2.60. The van der Waals surface area contributed by atoms with Crippen LogP contribution in [-0.2, 0) is 0 Å². The smallest absolute Gasteiger partial charge is 0.131 e. The molecule has 1 saturated heterocycles. The molecule has 0 unspecified atom stereocenters. The molecule has 3 heteroatoms. The van der Waals surface area contributed by atoms with E-state index in [0.717, 1.165) is 24.6 Å². The summed E-state index contributed by atoms with van der Waals surface area (Å²) in [4.78, 5) is 6.83. The molecule has 2 N–H and O–H groups in total. The zero-order chi connectivity index (χ0) is 11.8. The summed E-state index contributed by atoms with van der Waals surface area (Å²) in [7, 11) is 0. The molecule has 0 bridgehead atoms. The van der Waals surface area contributed by atoms with Gasteiger partial charge in [-0.2, -0.15) is 0 Å². The molecule has 0 saturated carbocycles. The minimum absolute atomic E-state index is 0.484. The summed E-state index contributed by atoms with van der Waals surface area (Å²) in [6.45, 7) is 8.97. The molecule has 88 valence electrons. The Labute approximate surface area is 97.7 Å². The first-order valence-corrected chi connectivity index (χ1v) is 5.95. The molecular formula is C13H21N3. The van der Waals surface area contributed by atoms with E-state index in [1.165, 1.54) is 18.4 Å². The van der Waals surface area contributed by atoms with Gasteiger partial charge in [-0.3, -0.25) is 0 Å². The largest absolute Gasteiger partial charge is 0.397 e. The third-order valence-corrected chi connectivity index (χ3v) is 3.49. The number of nitrogens with zero attached hydrogens (tertiary/aromatic N) is 2. The van der Waals surface area contributed by atoms with Crippen molar-refractivity contribution >= 4 is 11.5 Å². The fourth-order valence-electron chi connectivity index (χ4n) is 2.24. The van der Waals surface area contributed by atoms with Crippen LogP contribution in [0.3, 0.4) is 0 Å². The van der Waals surface area contributed by atoms with E-state index in [-0.39, 0.29) is 0 Å². The molecule has 2 rings (SSSR count). The highest BCUT2D eigenvalue weighted by Crippen LogP contribution is 2.32. The summed E-state index contributed by atoms with van der Waals surface area (Å²) in [5.41, 5.74) is 8.13.